The SMILES string of the molecule is CC.CC.CC(=O)NC1CCN(C)C1.CC=O.CNCC1CCOC1. The smallest absolute Gasteiger partial charge is 0.217 e. The number of likely N-dealkylation sites (tertiary alicyclic amines) is 1. The highest BCUT2D eigenvalue weighted by atomic mass is 16.5. The molecule has 0 bridgehead atoms. The molecular formula is C19H43N3O3. The monoisotopic (exact) mass is 361 g/mol. The predicted molar refractivity (Wildman–Crippen MR) is 107 cm³/mol. The van der Waals surface area contributed by atoms with Crippen LogP contribution in [0.3, 0.4) is 0 Å². The molecular weight excluding hydrogens is 318 g/mol. The normalized spacial score (nSPS) is 21.0. The minimum absolute atomic E-state index is 0.0836. The molecule has 2 aliphatic heterocycles. The number of hydrogen-bond acceptors (Lipinski definition) is 5. The Labute approximate surface area is 156 Å². The third-order valence-corrected chi connectivity index (χ3v) is 3.32. The van der Waals surface area contributed by atoms with Gasteiger partial charge in [-0.25, -0.2) is 0 Å². The Bertz CT molecular complexity index is 283. The molecule has 6 heteroatoms. The Balaban J connectivity index is -0.000000289. The first-order valence-corrected chi connectivity index (χ1v) is 9.61. The Morgan fingerprint density at radius 1 is 1.24 bits per heavy atom. The zero-order chi connectivity index (χ0) is 20.1. The average Bonchev–Trinajstić information content (AvgIpc) is 3.25. The average molecular weight is 362 g/mol. The summed E-state index contributed by atoms with van der Waals surface area (Å²) in [5.41, 5.74) is 0. The fourth-order valence-corrected chi connectivity index (χ4v) is 2.37. The summed E-state index contributed by atoms with van der Waals surface area (Å²) < 4.78 is 5.17. The number of amides is 1. The minimum Gasteiger partial charge on any atom is -0.381 e. The molecule has 0 aromatic rings. The van der Waals surface area contributed by atoms with Gasteiger partial charge in [0.2, 0.25) is 5.91 Å². The molecule has 1 amide bonds. The van der Waals surface area contributed by atoms with Gasteiger partial charge in [0, 0.05) is 26.1 Å². The van der Waals surface area contributed by atoms with Gasteiger partial charge in [-0.2, -0.15) is 0 Å². The highest BCUT2D eigenvalue weighted by Crippen LogP contribution is 2.09. The third kappa shape index (κ3) is 21.0. The second-order valence-corrected chi connectivity index (χ2v) is 5.47. The van der Waals surface area contributed by atoms with E-state index in [0.717, 1.165) is 51.5 Å². The van der Waals surface area contributed by atoms with E-state index in [2.05, 4.69) is 22.6 Å². The molecule has 2 fully saturated rings. The number of nitrogens with zero attached hydrogens (tertiary/aromatic N) is 1. The van der Waals surface area contributed by atoms with E-state index in [1.54, 1.807) is 6.92 Å². The number of rotatable bonds is 3. The first-order valence-electron chi connectivity index (χ1n) is 9.61. The van der Waals surface area contributed by atoms with Crippen molar-refractivity contribution in [2.24, 2.45) is 5.92 Å². The van der Waals surface area contributed by atoms with Gasteiger partial charge < -0.3 is 25.1 Å². The van der Waals surface area contributed by atoms with Gasteiger partial charge in [0.05, 0.1) is 6.61 Å². The van der Waals surface area contributed by atoms with E-state index in [1.165, 1.54) is 13.3 Å². The van der Waals surface area contributed by atoms with Gasteiger partial charge in [-0.3, -0.25) is 4.79 Å². The maximum Gasteiger partial charge on any atom is 0.217 e. The zero-order valence-corrected chi connectivity index (χ0v) is 17.9. The number of carbonyl (C=O) groups is 2. The Hall–Kier alpha value is -0.980. The van der Waals surface area contributed by atoms with Crippen molar-refractivity contribution >= 4 is 12.2 Å². The molecule has 2 rings (SSSR count). The van der Waals surface area contributed by atoms with Crippen molar-refractivity contribution in [2.45, 2.75) is 60.4 Å². The molecule has 0 aliphatic carbocycles. The van der Waals surface area contributed by atoms with Crippen molar-refractivity contribution < 1.29 is 14.3 Å². The Morgan fingerprint density at radius 2 is 1.80 bits per heavy atom. The van der Waals surface area contributed by atoms with E-state index in [1.807, 2.05) is 34.7 Å². The molecule has 2 saturated heterocycles. The number of hydrogen-bond donors (Lipinski definition) is 2. The molecule has 2 N–H and O–H groups in total. The van der Waals surface area contributed by atoms with Gasteiger partial charge in [-0.05, 0) is 52.9 Å². The fraction of sp³-hybridized carbons (Fsp3) is 0.895. The predicted octanol–water partition coefficient (Wildman–Crippen LogP) is 2.33. The van der Waals surface area contributed by atoms with E-state index < -0.39 is 0 Å². The highest BCUT2D eigenvalue weighted by molar-refractivity contribution is 5.73. The van der Waals surface area contributed by atoms with E-state index >= 15 is 0 Å². The quantitative estimate of drug-likeness (QED) is 0.755. The molecule has 0 aromatic carbocycles. The summed E-state index contributed by atoms with van der Waals surface area (Å²) in [4.78, 5) is 21.6. The number of aldehydes is 1. The van der Waals surface area contributed by atoms with Crippen molar-refractivity contribution in [1.82, 2.24) is 15.5 Å². The number of carbonyl (C=O) groups excluding carboxylic acids is 2. The lowest BCUT2D eigenvalue weighted by Gasteiger charge is -2.10. The van der Waals surface area contributed by atoms with Crippen LogP contribution in [0.15, 0.2) is 0 Å². The Morgan fingerprint density at radius 3 is 2.12 bits per heavy atom. The van der Waals surface area contributed by atoms with Crippen LogP contribution in [-0.4, -0.2) is 70.1 Å². The first-order chi connectivity index (χ1) is 12.0. The molecule has 152 valence electrons. The molecule has 0 saturated carbocycles. The summed E-state index contributed by atoms with van der Waals surface area (Å²) in [5.74, 6) is 0.861. The van der Waals surface area contributed by atoms with Crippen LogP contribution in [0.1, 0.15) is 54.4 Å². The molecule has 0 spiro atoms. The first kappa shape index (κ1) is 28.8. The standard InChI is InChI=1S/C7H14N2O.C6H13NO.C2H4O.2C2H6/c1-6(10)8-7-3-4-9(2)5-7;1-7-4-6-2-3-8-5-6;1-2-3;2*1-2/h7H,3-5H2,1-2H3,(H,8,10);6-7H,2-5H2,1H3;2H,1H3;2*1-2H3. The molecule has 2 unspecified atom stereocenters. The van der Waals surface area contributed by atoms with Crippen LogP contribution in [0.25, 0.3) is 0 Å². The molecule has 2 atom stereocenters. The van der Waals surface area contributed by atoms with Crippen molar-refractivity contribution in [1.29, 1.82) is 0 Å². The molecule has 25 heavy (non-hydrogen) atoms. The molecule has 0 radical (unpaired) electrons. The van der Waals surface area contributed by atoms with Crippen molar-refractivity contribution in [3.8, 4) is 0 Å². The minimum atomic E-state index is 0.0836. The largest absolute Gasteiger partial charge is 0.381 e. The van der Waals surface area contributed by atoms with E-state index in [-0.39, 0.29) is 5.91 Å². The summed E-state index contributed by atoms with van der Waals surface area (Å²) in [6, 6.07) is 0.391. The van der Waals surface area contributed by atoms with Crippen LogP contribution in [0, 0.1) is 5.92 Å². The van der Waals surface area contributed by atoms with Crippen LogP contribution in [0.2, 0.25) is 0 Å². The van der Waals surface area contributed by atoms with Crippen LogP contribution in [0.4, 0.5) is 0 Å². The summed E-state index contributed by atoms with van der Waals surface area (Å²) in [6.45, 7) is 16.1. The number of nitrogens with one attached hydrogen (secondary N) is 2. The summed E-state index contributed by atoms with van der Waals surface area (Å²) in [5, 5.41) is 6.02. The van der Waals surface area contributed by atoms with Gasteiger partial charge in [-0.15, -0.1) is 0 Å². The summed E-state index contributed by atoms with van der Waals surface area (Å²) in [6.07, 6.45) is 3.08. The third-order valence-electron chi connectivity index (χ3n) is 3.32. The van der Waals surface area contributed by atoms with Crippen molar-refractivity contribution in [3.05, 3.63) is 0 Å². The van der Waals surface area contributed by atoms with Gasteiger partial charge in [0.15, 0.2) is 0 Å². The molecule has 6 nitrogen and oxygen atoms in total. The number of likely N-dealkylation sites (N-methyl/N-ethyl adjacent to an activating group) is 1. The highest BCUT2D eigenvalue weighted by Gasteiger charge is 2.19. The van der Waals surface area contributed by atoms with Gasteiger partial charge in [0.25, 0.3) is 0 Å². The molecule has 2 heterocycles. The topological polar surface area (TPSA) is 70.7 Å². The van der Waals surface area contributed by atoms with Gasteiger partial charge >= 0.3 is 0 Å². The Kier molecular flexibility index (Phi) is 26.5. The lowest BCUT2D eigenvalue weighted by atomic mass is 10.1. The van der Waals surface area contributed by atoms with E-state index in [4.69, 9.17) is 9.53 Å². The van der Waals surface area contributed by atoms with Crippen LogP contribution in [-0.2, 0) is 14.3 Å². The molecule has 2 aliphatic rings. The van der Waals surface area contributed by atoms with Gasteiger partial charge in [-0.1, -0.05) is 27.7 Å². The van der Waals surface area contributed by atoms with Crippen LogP contribution in [0.5, 0.6) is 0 Å². The number of ether oxygens (including phenoxy) is 1. The summed E-state index contributed by atoms with van der Waals surface area (Å²) >= 11 is 0. The van der Waals surface area contributed by atoms with E-state index in [0.29, 0.717) is 6.04 Å². The zero-order valence-electron chi connectivity index (χ0n) is 17.9. The fourth-order valence-electron chi connectivity index (χ4n) is 2.37. The maximum absolute atomic E-state index is 10.6. The van der Waals surface area contributed by atoms with Crippen molar-refractivity contribution in [3.63, 3.8) is 0 Å². The van der Waals surface area contributed by atoms with Gasteiger partial charge in [0.1, 0.15) is 6.29 Å². The second kappa shape index (κ2) is 23.0. The maximum atomic E-state index is 10.6. The molecule has 0 aromatic heterocycles. The lowest BCUT2D eigenvalue weighted by Crippen LogP contribution is -2.34. The van der Waals surface area contributed by atoms with Crippen LogP contribution < -0.4 is 10.6 Å². The second-order valence-electron chi connectivity index (χ2n) is 5.47. The lowest BCUT2D eigenvalue weighted by molar-refractivity contribution is -0.119. The summed E-state index contributed by atoms with van der Waals surface area (Å²) in [7, 11) is 4.06. The van der Waals surface area contributed by atoms with E-state index in [9.17, 15) is 4.79 Å². The van der Waals surface area contributed by atoms with Crippen molar-refractivity contribution in [2.75, 3.05) is 46.9 Å². The van der Waals surface area contributed by atoms with Crippen LogP contribution >= 0.6 is 0 Å².